The molecule has 3 saturated heterocycles. The van der Waals surface area contributed by atoms with Gasteiger partial charge < -0.3 is 14.8 Å². The van der Waals surface area contributed by atoms with Gasteiger partial charge in [-0.1, -0.05) is 71.7 Å². The Morgan fingerprint density at radius 2 is 1.80 bits per heavy atom. The van der Waals surface area contributed by atoms with Gasteiger partial charge in [0.25, 0.3) is 0 Å². The van der Waals surface area contributed by atoms with Gasteiger partial charge in [-0.2, -0.15) is 0 Å². The summed E-state index contributed by atoms with van der Waals surface area (Å²) in [4.78, 5) is 37.2. The van der Waals surface area contributed by atoms with Crippen molar-refractivity contribution in [3.63, 3.8) is 0 Å². The summed E-state index contributed by atoms with van der Waals surface area (Å²) in [7, 11) is -1.03. The standard InChI is InChI=1S/C40H45BBrN3O5/c1-25(2)31-22-32-38(40(48)45(39(32)47)30-15-18-44(19-16-30)24-26-8-4-3-5-9-26)33-23-41(49)50-36(37(31)33)14-11-27(34-10-6-7-17-43-34)20-28-21-29(42)12-13-35(28)46/h3-10,12-13,17,20-21,25,30,32-33,36,38,46,49H,11,14-16,18-19,22-24H2,1-2H3/b27-20-/t32-,33+,36-,38-/m1/s1. The van der Waals surface area contributed by atoms with E-state index >= 15 is 0 Å². The lowest BCUT2D eigenvalue weighted by molar-refractivity contribution is -0.144. The minimum absolute atomic E-state index is 0.0366. The van der Waals surface area contributed by atoms with E-state index in [9.17, 15) is 19.7 Å². The molecule has 0 bridgehead atoms. The maximum Gasteiger partial charge on any atom is 0.455 e. The van der Waals surface area contributed by atoms with Crippen LogP contribution < -0.4 is 0 Å². The molecular formula is C40H45BBrN3O5. The number of rotatable bonds is 9. The van der Waals surface area contributed by atoms with Crippen LogP contribution in [0.25, 0.3) is 11.6 Å². The normalized spacial score (nSPS) is 25.0. The SMILES string of the molecule is CC(C)C1=C2[C@@H](CC/C(=C/c3cc(Br)ccc3O)c3ccccn3)OB(O)C[C@@H]2[C@@H]2C(=O)N(C3CCN(Cc4ccccc4)CC3)C(=O)[C@@H]2C1. The quantitative estimate of drug-likeness (QED) is 0.139. The molecule has 2 amide bonds. The molecule has 8 nitrogen and oxygen atoms in total. The second-order valence-corrected chi connectivity index (χ2v) is 15.5. The molecule has 4 aliphatic rings. The summed E-state index contributed by atoms with van der Waals surface area (Å²) in [5.41, 5.74) is 5.94. The van der Waals surface area contributed by atoms with E-state index in [-0.39, 0.29) is 35.4 Å². The number of benzene rings is 2. The average molecular weight is 739 g/mol. The van der Waals surface area contributed by atoms with Crippen molar-refractivity contribution in [2.45, 2.75) is 71.0 Å². The van der Waals surface area contributed by atoms with Crippen molar-refractivity contribution in [1.29, 1.82) is 0 Å². The summed E-state index contributed by atoms with van der Waals surface area (Å²) in [6.07, 6.45) is 6.82. The lowest BCUT2D eigenvalue weighted by Gasteiger charge is -2.44. The fourth-order valence-electron chi connectivity index (χ4n) is 8.75. The molecule has 50 heavy (non-hydrogen) atoms. The second-order valence-electron chi connectivity index (χ2n) is 14.6. The predicted octanol–water partition coefficient (Wildman–Crippen LogP) is 6.99. The Balaban J connectivity index is 1.12. The third-order valence-electron chi connectivity index (χ3n) is 11.1. The molecule has 1 aliphatic carbocycles. The minimum Gasteiger partial charge on any atom is -0.507 e. The number of amides is 2. The van der Waals surface area contributed by atoms with Crippen LogP contribution in [0.3, 0.4) is 0 Å². The van der Waals surface area contributed by atoms with Crippen LogP contribution in [0.1, 0.15) is 62.8 Å². The monoisotopic (exact) mass is 737 g/mol. The van der Waals surface area contributed by atoms with Crippen molar-refractivity contribution in [1.82, 2.24) is 14.8 Å². The Labute approximate surface area is 303 Å². The first-order valence-corrected chi connectivity index (χ1v) is 18.8. The molecule has 0 spiro atoms. The maximum atomic E-state index is 14.4. The number of pyridine rings is 1. The minimum atomic E-state index is -1.03. The Kier molecular flexibility index (Phi) is 10.4. The number of nitrogens with zero attached hydrogens (tertiary/aromatic N) is 3. The van der Waals surface area contributed by atoms with Crippen LogP contribution in [-0.4, -0.2) is 69.1 Å². The van der Waals surface area contributed by atoms with Crippen molar-refractivity contribution in [3.05, 3.63) is 105 Å². The first kappa shape index (κ1) is 34.9. The zero-order chi connectivity index (χ0) is 34.9. The van der Waals surface area contributed by atoms with E-state index in [2.05, 4.69) is 63.9 Å². The first-order valence-electron chi connectivity index (χ1n) is 18.0. The van der Waals surface area contributed by atoms with Gasteiger partial charge >= 0.3 is 7.12 Å². The number of hydrogen-bond donors (Lipinski definition) is 2. The Bertz CT molecular complexity index is 1780. The summed E-state index contributed by atoms with van der Waals surface area (Å²) in [6, 6.07) is 21.4. The number of likely N-dealkylation sites (tertiary alicyclic amines) is 2. The number of aromatic hydroxyl groups is 1. The number of carbonyl (C=O) groups excluding carboxylic acids is 2. The van der Waals surface area contributed by atoms with Crippen LogP contribution in [0, 0.1) is 23.7 Å². The van der Waals surface area contributed by atoms with Crippen LogP contribution >= 0.6 is 15.9 Å². The van der Waals surface area contributed by atoms with Gasteiger partial charge in [0.1, 0.15) is 5.75 Å². The number of hydrogen-bond acceptors (Lipinski definition) is 7. The van der Waals surface area contributed by atoms with Crippen LogP contribution in [-0.2, 0) is 20.8 Å². The molecule has 0 radical (unpaired) electrons. The summed E-state index contributed by atoms with van der Waals surface area (Å²) in [5, 5.41) is 21.8. The number of piperidine rings is 1. The number of aromatic nitrogens is 1. The van der Waals surface area contributed by atoms with E-state index in [1.54, 1.807) is 23.2 Å². The fourth-order valence-corrected chi connectivity index (χ4v) is 9.13. The van der Waals surface area contributed by atoms with Gasteiger partial charge in [-0.3, -0.25) is 24.4 Å². The summed E-state index contributed by atoms with van der Waals surface area (Å²) >= 11 is 3.52. The van der Waals surface area contributed by atoms with Gasteiger partial charge in [0, 0.05) is 41.9 Å². The van der Waals surface area contributed by atoms with Gasteiger partial charge in [-0.15, -0.1) is 0 Å². The molecule has 0 saturated carbocycles. The number of carbonyl (C=O) groups is 2. The number of phenols is 1. The van der Waals surface area contributed by atoms with E-state index < -0.39 is 25.1 Å². The second kappa shape index (κ2) is 15.0. The van der Waals surface area contributed by atoms with E-state index in [1.165, 1.54) is 11.1 Å². The lowest BCUT2D eigenvalue weighted by Crippen LogP contribution is -2.48. The number of fused-ring (bicyclic) bond motifs is 3. The summed E-state index contributed by atoms with van der Waals surface area (Å²) in [5.74, 6) is -0.902. The van der Waals surface area contributed by atoms with E-state index in [0.29, 0.717) is 31.1 Å². The number of phenolic OH excluding ortho intramolecular Hbond substituents is 1. The molecule has 3 aromatic rings. The molecule has 10 heteroatoms. The molecule has 2 aromatic carbocycles. The lowest BCUT2D eigenvalue weighted by atomic mass is 9.57. The van der Waals surface area contributed by atoms with Crippen molar-refractivity contribution in [2.24, 2.45) is 23.7 Å². The fraction of sp³-hybridized carbons (Fsp3) is 0.425. The van der Waals surface area contributed by atoms with Gasteiger partial charge in [-0.25, -0.2) is 0 Å². The zero-order valence-electron chi connectivity index (χ0n) is 28.7. The largest absolute Gasteiger partial charge is 0.507 e. The van der Waals surface area contributed by atoms with Crippen LogP contribution in [0.5, 0.6) is 5.75 Å². The molecular weight excluding hydrogens is 693 g/mol. The van der Waals surface area contributed by atoms with Crippen molar-refractivity contribution in [2.75, 3.05) is 13.1 Å². The van der Waals surface area contributed by atoms with E-state index in [1.807, 2.05) is 36.4 Å². The highest BCUT2D eigenvalue weighted by Gasteiger charge is 2.58. The van der Waals surface area contributed by atoms with Crippen LogP contribution in [0.15, 0.2) is 88.5 Å². The Morgan fingerprint density at radius 3 is 2.52 bits per heavy atom. The van der Waals surface area contributed by atoms with Crippen molar-refractivity contribution in [3.8, 4) is 5.75 Å². The smallest absolute Gasteiger partial charge is 0.455 e. The first-order chi connectivity index (χ1) is 24.2. The van der Waals surface area contributed by atoms with Crippen molar-refractivity contribution < 1.29 is 24.4 Å². The van der Waals surface area contributed by atoms with E-state index in [4.69, 9.17) is 4.65 Å². The van der Waals surface area contributed by atoms with Gasteiger partial charge in [0.2, 0.25) is 11.8 Å². The summed E-state index contributed by atoms with van der Waals surface area (Å²) in [6.45, 7) is 6.86. The van der Waals surface area contributed by atoms with E-state index in [0.717, 1.165) is 53.8 Å². The zero-order valence-corrected chi connectivity index (χ0v) is 30.3. The molecule has 4 atom stereocenters. The third-order valence-corrected chi connectivity index (χ3v) is 11.6. The Hall–Kier alpha value is -3.57. The number of imide groups is 1. The highest BCUT2D eigenvalue weighted by molar-refractivity contribution is 9.10. The van der Waals surface area contributed by atoms with Gasteiger partial charge in [0.05, 0.1) is 23.6 Å². The Morgan fingerprint density at radius 1 is 1.04 bits per heavy atom. The molecule has 260 valence electrons. The average Bonchev–Trinajstić information content (AvgIpc) is 3.37. The van der Waals surface area contributed by atoms with Crippen LogP contribution in [0.2, 0.25) is 6.32 Å². The number of halogens is 1. The molecule has 7 rings (SSSR count). The molecule has 0 unspecified atom stereocenters. The molecule has 2 N–H and O–H groups in total. The molecule has 1 aromatic heterocycles. The topological polar surface area (TPSA) is 103 Å². The van der Waals surface area contributed by atoms with Crippen LogP contribution in [0.4, 0.5) is 0 Å². The third kappa shape index (κ3) is 7.13. The van der Waals surface area contributed by atoms with Gasteiger partial charge in [0.15, 0.2) is 0 Å². The molecule has 3 fully saturated rings. The van der Waals surface area contributed by atoms with Crippen molar-refractivity contribution >= 4 is 46.5 Å². The molecule has 4 heterocycles. The predicted molar refractivity (Wildman–Crippen MR) is 198 cm³/mol. The summed E-state index contributed by atoms with van der Waals surface area (Å²) < 4.78 is 7.16. The molecule has 3 aliphatic heterocycles. The van der Waals surface area contributed by atoms with Gasteiger partial charge in [-0.05, 0) is 103 Å². The number of allylic oxidation sites excluding steroid dienone is 2. The highest BCUT2D eigenvalue weighted by atomic mass is 79.9. The highest BCUT2D eigenvalue weighted by Crippen LogP contribution is 2.52. The maximum absolute atomic E-state index is 14.4.